The minimum absolute atomic E-state index is 0.0254. The van der Waals surface area contributed by atoms with Gasteiger partial charge in [0.15, 0.2) is 0 Å². The Balaban J connectivity index is 1.98. The lowest BCUT2D eigenvalue weighted by atomic mass is 9.94. The minimum Gasteiger partial charge on any atom is -0.496 e. The van der Waals surface area contributed by atoms with Crippen LogP contribution in [-0.2, 0) is 11.3 Å². The number of nitrogens with zero attached hydrogens (tertiary/aromatic N) is 1. The molecule has 2 N–H and O–H groups in total. The highest BCUT2D eigenvalue weighted by Crippen LogP contribution is 2.24. The number of rotatable bonds is 6. The number of nitrogens with one attached hydrogen (secondary N) is 1. The van der Waals surface area contributed by atoms with Gasteiger partial charge in [0.2, 0.25) is 0 Å². The van der Waals surface area contributed by atoms with Gasteiger partial charge in [0.05, 0.1) is 17.6 Å². The molecule has 7 heteroatoms. The van der Waals surface area contributed by atoms with E-state index in [1.165, 1.54) is 19.2 Å². The third-order valence-electron chi connectivity index (χ3n) is 3.67. The summed E-state index contributed by atoms with van der Waals surface area (Å²) in [6.07, 6.45) is 1.18. The standard InChI is InChI=1S/C14H20N2O5/c1-20-13-3-2-12(16(18)19)8-11(13)9-15-10-14(17)4-6-21-7-5-14/h2-3,8,15,17H,4-7,9-10H2,1H3. The van der Waals surface area contributed by atoms with Crippen LogP contribution in [0.25, 0.3) is 0 Å². The first-order valence-electron chi connectivity index (χ1n) is 6.86. The second-order valence-corrected chi connectivity index (χ2v) is 5.19. The molecule has 21 heavy (non-hydrogen) atoms. The van der Waals surface area contributed by atoms with Crippen molar-refractivity contribution in [2.75, 3.05) is 26.9 Å². The summed E-state index contributed by atoms with van der Waals surface area (Å²) in [5, 5.41) is 24.3. The molecule has 7 nitrogen and oxygen atoms in total. The van der Waals surface area contributed by atoms with E-state index in [1.54, 1.807) is 6.07 Å². The van der Waals surface area contributed by atoms with Crippen LogP contribution in [0.3, 0.4) is 0 Å². The van der Waals surface area contributed by atoms with E-state index in [0.29, 0.717) is 50.5 Å². The number of non-ortho nitro benzene ring substituents is 1. The van der Waals surface area contributed by atoms with Gasteiger partial charge in [-0.3, -0.25) is 10.1 Å². The first kappa shape index (κ1) is 15.7. The SMILES string of the molecule is COc1ccc([N+](=O)[O-])cc1CNCC1(O)CCOCC1. The molecule has 1 heterocycles. The Bertz CT molecular complexity index is 500. The van der Waals surface area contributed by atoms with Gasteiger partial charge in [0.25, 0.3) is 5.69 Å². The summed E-state index contributed by atoms with van der Waals surface area (Å²) >= 11 is 0. The molecule has 1 saturated heterocycles. The quantitative estimate of drug-likeness (QED) is 0.606. The number of hydrogen-bond donors (Lipinski definition) is 2. The Kier molecular flexibility index (Phi) is 5.11. The molecule has 1 fully saturated rings. The van der Waals surface area contributed by atoms with Crippen LogP contribution in [0, 0.1) is 10.1 Å². The second-order valence-electron chi connectivity index (χ2n) is 5.19. The molecular formula is C14H20N2O5. The zero-order chi connectivity index (χ0) is 15.3. The maximum atomic E-state index is 10.8. The molecular weight excluding hydrogens is 276 g/mol. The Hall–Kier alpha value is -1.70. The van der Waals surface area contributed by atoms with Gasteiger partial charge in [0, 0.05) is 56.8 Å². The van der Waals surface area contributed by atoms with Crippen LogP contribution in [0.15, 0.2) is 18.2 Å². The van der Waals surface area contributed by atoms with Crippen LogP contribution >= 0.6 is 0 Å². The Morgan fingerprint density at radius 3 is 2.81 bits per heavy atom. The predicted molar refractivity (Wildman–Crippen MR) is 76.4 cm³/mol. The molecule has 1 aliphatic heterocycles. The lowest BCUT2D eigenvalue weighted by Crippen LogP contribution is -2.44. The summed E-state index contributed by atoms with van der Waals surface area (Å²) < 4.78 is 10.4. The van der Waals surface area contributed by atoms with Gasteiger partial charge < -0.3 is 19.9 Å². The van der Waals surface area contributed by atoms with Crippen LogP contribution in [0.5, 0.6) is 5.75 Å². The van der Waals surface area contributed by atoms with E-state index in [-0.39, 0.29) is 5.69 Å². The fraction of sp³-hybridized carbons (Fsp3) is 0.571. The van der Waals surface area contributed by atoms with E-state index in [1.807, 2.05) is 0 Å². The fourth-order valence-electron chi connectivity index (χ4n) is 2.37. The van der Waals surface area contributed by atoms with Gasteiger partial charge in [-0.05, 0) is 6.07 Å². The number of nitro groups is 1. The van der Waals surface area contributed by atoms with Gasteiger partial charge in [-0.25, -0.2) is 0 Å². The summed E-state index contributed by atoms with van der Waals surface area (Å²) in [5.41, 5.74) is -0.0496. The summed E-state index contributed by atoms with van der Waals surface area (Å²) in [5.74, 6) is 0.590. The summed E-state index contributed by atoms with van der Waals surface area (Å²) in [6, 6.07) is 4.48. The molecule has 2 rings (SSSR count). The van der Waals surface area contributed by atoms with Crippen molar-refractivity contribution in [3.8, 4) is 5.75 Å². The number of methoxy groups -OCH3 is 1. The van der Waals surface area contributed by atoms with Crippen molar-refractivity contribution >= 4 is 5.69 Å². The zero-order valence-electron chi connectivity index (χ0n) is 12.0. The van der Waals surface area contributed by atoms with E-state index in [9.17, 15) is 15.2 Å². The van der Waals surface area contributed by atoms with Crippen molar-refractivity contribution in [3.63, 3.8) is 0 Å². The molecule has 116 valence electrons. The predicted octanol–water partition coefficient (Wildman–Crippen LogP) is 1.23. The molecule has 0 atom stereocenters. The first-order valence-corrected chi connectivity index (χ1v) is 6.86. The van der Waals surface area contributed by atoms with Crippen molar-refractivity contribution in [1.29, 1.82) is 0 Å². The number of ether oxygens (including phenoxy) is 2. The van der Waals surface area contributed by atoms with E-state index in [4.69, 9.17) is 9.47 Å². The highest BCUT2D eigenvalue weighted by atomic mass is 16.6. The summed E-state index contributed by atoms with van der Waals surface area (Å²) in [4.78, 5) is 10.4. The van der Waals surface area contributed by atoms with Gasteiger partial charge in [-0.1, -0.05) is 0 Å². The molecule has 1 aliphatic rings. The molecule has 0 amide bonds. The van der Waals surface area contributed by atoms with Crippen molar-refractivity contribution < 1.29 is 19.5 Å². The van der Waals surface area contributed by atoms with Crippen LogP contribution in [0.4, 0.5) is 5.69 Å². The van der Waals surface area contributed by atoms with Gasteiger partial charge >= 0.3 is 0 Å². The van der Waals surface area contributed by atoms with Crippen molar-refractivity contribution in [2.24, 2.45) is 0 Å². The monoisotopic (exact) mass is 296 g/mol. The van der Waals surface area contributed by atoms with Crippen molar-refractivity contribution in [3.05, 3.63) is 33.9 Å². The van der Waals surface area contributed by atoms with Crippen LogP contribution in [-0.4, -0.2) is 42.5 Å². The van der Waals surface area contributed by atoms with E-state index in [2.05, 4.69) is 5.32 Å². The number of aliphatic hydroxyl groups is 1. The lowest BCUT2D eigenvalue weighted by Gasteiger charge is -2.32. The maximum absolute atomic E-state index is 10.8. The number of nitro benzene ring substituents is 1. The largest absolute Gasteiger partial charge is 0.496 e. The van der Waals surface area contributed by atoms with Crippen LogP contribution < -0.4 is 10.1 Å². The van der Waals surface area contributed by atoms with E-state index in [0.717, 1.165) is 0 Å². The van der Waals surface area contributed by atoms with Gasteiger partial charge in [-0.2, -0.15) is 0 Å². The third-order valence-corrected chi connectivity index (χ3v) is 3.67. The average Bonchev–Trinajstić information content (AvgIpc) is 2.47. The Labute approximate surface area is 123 Å². The van der Waals surface area contributed by atoms with E-state index >= 15 is 0 Å². The van der Waals surface area contributed by atoms with Crippen molar-refractivity contribution in [2.45, 2.75) is 25.0 Å². The maximum Gasteiger partial charge on any atom is 0.270 e. The number of hydrogen-bond acceptors (Lipinski definition) is 6. The van der Waals surface area contributed by atoms with Crippen molar-refractivity contribution in [1.82, 2.24) is 5.32 Å². The van der Waals surface area contributed by atoms with Crippen LogP contribution in [0.1, 0.15) is 18.4 Å². The molecule has 0 saturated carbocycles. The molecule has 0 unspecified atom stereocenters. The normalized spacial score (nSPS) is 17.4. The molecule has 1 aromatic rings. The van der Waals surface area contributed by atoms with E-state index < -0.39 is 10.5 Å². The molecule has 0 aliphatic carbocycles. The topological polar surface area (TPSA) is 93.9 Å². The molecule has 0 bridgehead atoms. The molecule has 0 radical (unpaired) electrons. The first-order chi connectivity index (χ1) is 10.0. The Morgan fingerprint density at radius 1 is 1.48 bits per heavy atom. The number of benzene rings is 1. The van der Waals surface area contributed by atoms with Crippen LogP contribution in [0.2, 0.25) is 0 Å². The van der Waals surface area contributed by atoms with Gasteiger partial charge in [0.1, 0.15) is 5.75 Å². The highest BCUT2D eigenvalue weighted by Gasteiger charge is 2.29. The highest BCUT2D eigenvalue weighted by molar-refractivity contribution is 5.43. The third kappa shape index (κ3) is 4.13. The lowest BCUT2D eigenvalue weighted by molar-refractivity contribution is -0.384. The van der Waals surface area contributed by atoms with Gasteiger partial charge in [-0.15, -0.1) is 0 Å². The minimum atomic E-state index is -0.772. The summed E-state index contributed by atoms with van der Waals surface area (Å²) in [7, 11) is 1.52. The average molecular weight is 296 g/mol. The summed E-state index contributed by atoms with van der Waals surface area (Å²) in [6.45, 7) is 1.92. The second kappa shape index (κ2) is 6.84. The molecule has 0 spiro atoms. The Morgan fingerprint density at radius 2 is 2.19 bits per heavy atom. The fourth-order valence-corrected chi connectivity index (χ4v) is 2.37. The molecule has 0 aromatic heterocycles. The molecule has 1 aromatic carbocycles. The smallest absolute Gasteiger partial charge is 0.270 e. The zero-order valence-corrected chi connectivity index (χ0v) is 12.0.